The molecule has 0 aromatic carbocycles. The SMILES string of the molecule is CC(CBr)(CBr)NC(=O)c1sccc1Cl. The van der Waals surface area contributed by atoms with Crippen LogP contribution in [-0.2, 0) is 0 Å². The third-order valence-corrected chi connectivity index (χ3v) is 5.64. The van der Waals surface area contributed by atoms with Gasteiger partial charge in [0.25, 0.3) is 5.91 Å². The molecule has 0 atom stereocenters. The first kappa shape index (κ1) is 13.5. The predicted molar refractivity (Wildman–Crippen MR) is 72.8 cm³/mol. The summed E-state index contributed by atoms with van der Waals surface area (Å²) >= 11 is 14.0. The highest BCUT2D eigenvalue weighted by molar-refractivity contribution is 9.09. The van der Waals surface area contributed by atoms with Crippen molar-refractivity contribution in [3.63, 3.8) is 0 Å². The van der Waals surface area contributed by atoms with E-state index in [1.165, 1.54) is 11.3 Å². The summed E-state index contributed by atoms with van der Waals surface area (Å²) in [5.41, 5.74) is -0.301. The normalized spacial score (nSPS) is 11.5. The Balaban J connectivity index is 2.76. The average Bonchev–Trinajstić information content (AvgIpc) is 2.64. The van der Waals surface area contributed by atoms with Gasteiger partial charge in [-0.3, -0.25) is 4.79 Å². The van der Waals surface area contributed by atoms with Gasteiger partial charge < -0.3 is 5.32 Å². The van der Waals surface area contributed by atoms with Crippen molar-refractivity contribution in [2.24, 2.45) is 0 Å². The van der Waals surface area contributed by atoms with Crippen LogP contribution in [0.1, 0.15) is 16.6 Å². The van der Waals surface area contributed by atoms with Crippen molar-refractivity contribution in [3.8, 4) is 0 Å². The van der Waals surface area contributed by atoms with E-state index in [1.807, 2.05) is 6.92 Å². The highest BCUT2D eigenvalue weighted by Gasteiger charge is 2.25. The smallest absolute Gasteiger partial charge is 0.263 e. The number of alkyl halides is 2. The van der Waals surface area contributed by atoms with Crippen molar-refractivity contribution in [3.05, 3.63) is 21.3 Å². The van der Waals surface area contributed by atoms with Crippen molar-refractivity contribution < 1.29 is 4.79 Å². The molecule has 0 aliphatic rings. The minimum atomic E-state index is -0.301. The maximum atomic E-state index is 11.8. The van der Waals surface area contributed by atoms with Gasteiger partial charge >= 0.3 is 0 Å². The monoisotopic (exact) mass is 373 g/mol. The number of halogens is 3. The summed E-state index contributed by atoms with van der Waals surface area (Å²) in [7, 11) is 0. The lowest BCUT2D eigenvalue weighted by molar-refractivity contribution is 0.0927. The summed E-state index contributed by atoms with van der Waals surface area (Å²) in [6, 6.07) is 1.72. The van der Waals surface area contributed by atoms with Crippen molar-refractivity contribution in [1.82, 2.24) is 5.32 Å². The molecule has 15 heavy (non-hydrogen) atoms. The number of hydrogen-bond acceptors (Lipinski definition) is 2. The van der Waals surface area contributed by atoms with Gasteiger partial charge in [-0.15, -0.1) is 11.3 Å². The van der Waals surface area contributed by atoms with Gasteiger partial charge in [-0.05, 0) is 18.4 Å². The first-order valence-corrected chi connectivity index (χ1v) is 7.70. The average molecular weight is 376 g/mol. The fourth-order valence-corrected chi connectivity index (χ4v) is 3.13. The van der Waals surface area contributed by atoms with E-state index in [0.29, 0.717) is 20.6 Å². The summed E-state index contributed by atoms with van der Waals surface area (Å²) in [4.78, 5) is 12.4. The standard InChI is InChI=1S/C9H10Br2ClNOS/c1-9(4-10,5-11)13-8(14)7-6(12)2-3-15-7/h2-3H,4-5H2,1H3,(H,13,14). The highest BCUT2D eigenvalue weighted by Crippen LogP contribution is 2.23. The van der Waals surface area contributed by atoms with Crippen LogP contribution in [-0.4, -0.2) is 22.1 Å². The van der Waals surface area contributed by atoms with Crippen molar-refractivity contribution in [2.45, 2.75) is 12.5 Å². The maximum Gasteiger partial charge on any atom is 0.263 e. The number of rotatable bonds is 4. The van der Waals surface area contributed by atoms with Crippen LogP contribution in [0.4, 0.5) is 0 Å². The highest BCUT2D eigenvalue weighted by atomic mass is 79.9. The topological polar surface area (TPSA) is 29.1 Å². The van der Waals surface area contributed by atoms with E-state index in [4.69, 9.17) is 11.6 Å². The van der Waals surface area contributed by atoms with Gasteiger partial charge in [0.1, 0.15) is 4.88 Å². The fraction of sp³-hybridized carbons (Fsp3) is 0.444. The molecule has 1 aromatic heterocycles. The Morgan fingerprint density at radius 1 is 1.60 bits per heavy atom. The van der Waals surface area contributed by atoms with Crippen LogP contribution >= 0.6 is 54.8 Å². The molecule has 0 bridgehead atoms. The molecule has 6 heteroatoms. The Morgan fingerprint density at radius 3 is 2.60 bits per heavy atom. The lowest BCUT2D eigenvalue weighted by atomic mass is 10.1. The van der Waals surface area contributed by atoms with Crippen LogP contribution in [0.5, 0.6) is 0 Å². The quantitative estimate of drug-likeness (QED) is 0.799. The van der Waals surface area contributed by atoms with Gasteiger partial charge in [0.2, 0.25) is 0 Å². The van der Waals surface area contributed by atoms with Crippen LogP contribution in [0, 0.1) is 0 Å². The first-order chi connectivity index (χ1) is 7.02. The van der Waals surface area contributed by atoms with Gasteiger partial charge in [0, 0.05) is 10.7 Å². The lowest BCUT2D eigenvalue weighted by Gasteiger charge is -2.26. The zero-order valence-corrected chi connectivity index (χ0v) is 12.8. The Labute approximate surface area is 115 Å². The number of hydrogen-bond donors (Lipinski definition) is 1. The minimum Gasteiger partial charge on any atom is -0.344 e. The van der Waals surface area contributed by atoms with Crippen molar-refractivity contribution >= 4 is 60.7 Å². The molecule has 0 saturated carbocycles. The van der Waals surface area contributed by atoms with E-state index in [-0.39, 0.29) is 11.4 Å². The van der Waals surface area contributed by atoms with Gasteiger partial charge in [-0.2, -0.15) is 0 Å². The second kappa shape index (κ2) is 5.66. The molecule has 1 rings (SSSR count). The number of carbonyl (C=O) groups is 1. The zero-order valence-electron chi connectivity index (χ0n) is 8.02. The lowest BCUT2D eigenvalue weighted by Crippen LogP contribution is -2.48. The summed E-state index contributed by atoms with van der Waals surface area (Å²) in [6.45, 7) is 1.95. The number of amides is 1. The number of nitrogens with one attached hydrogen (secondary N) is 1. The molecule has 0 unspecified atom stereocenters. The molecule has 0 radical (unpaired) electrons. The third-order valence-electron chi connectivity index (χ3n) is 1.83. The fourth-order valence-electron chi connectivity index (χ4n) is 0.889. The van der Waals surface area contributed by atoms with Crippen LogP contribution < -0.4 is 5.32 Å². The Morgan fingerprint density at radius 2 is 2.20 bits per heavy atom. The second-order valence-corrected chi connectivity index (χ2v) is 5.82. The summed E-state index contributed by atoms with van der Waals surface area (Å²) in [5, 5.41) is 6.60. The van der Waals surface area contributed by atoms with E-state index in [9.17, 15) is 4.79 Å². The van der Waals surface area contributed by atoms with E-state index >= 15 is 0 Å². The molecule has 0 aliphatic carbocycles. The first-order valence-electron chi connectivity index (χ1n) is 4.20. The minimum absolute atomic E-state index is 0.128. The van der Waals surface area contributed by atoms with Crippen LogP contribution in [0.25, 0.3) is 0 Å². The molecule has 0 aliphatic heterocycles. The second-order valence-electron chi connectivity index (χ2n) is 3.38. The molecule has 0 spiro atoms. The molecule has 1 heterocycles. The van der Waals surface area contributed by atoms with E-state index < -0.39 is 0 Å². The molecular formula is C9H10Br2ClNOS. The maximum absolute atomic E-state index is 11.8. The Hall–Kier alpha value is 0.420. The van der Waals surface area contributed by atoms with Gasteiger partial charge in [0.15, 0.2) is 0 Å². The van der Waals surface area contributed by atoms with Crippen molar-refractivity contribution in [2.75, 3.05) is 10.7 Å². The zero-order chi connectivity index (χ0) is 11.5. The summed E-state index contributed by atoms with van der Waals surface area (Å²) in [6.07, 6.45) is 0. The molecular weight excluding hydrogens is 365 g/mol. The van der Waals surface area contributed by atoms with Crippen molar-refractivity contribution in [1.29, 1.82) is 0 Å². The Bertz CT molecular complexity index is 352. The number of thiophene rings is 1. The van der Waals surface area contributed by atoms with E-state index in [1.54, 1.807) is 11.4 Å². The molecule has 0 fully saturated rings. The molecule has 1 aromatic rings. The third kappa shape index (κ3) is 3.44. The van der Waals surface area contributed by atoms with Gasteiger partial charge in [-0.1, -0.05) is 43.5 Å². The van der Waals surface area contributed by atoms with Gasteiger partial charge in [-0.25, -0.2) is 0 Å². The molecule has 84 valence electrons. The predicted octanol–water partition coefficient (Wildman–Crippen LogP) is 3.68. The molecule has 0 saturated heterocycles. The summed E-state index contributed by atoms with van der Waals surface area (Å²) < 4.78 is 0. The molecule has 1 amide bonds. The largest absolute Gasteiger partial charge is 0.344 e. The van der Waals surface area contributed by atoms with Gasteiger partial charge in [0.05, 0.1) is 10.6 Å². The van der Waals surface area contributed by atoms with E-state index in [2.05, 4.69) is 37.2 Å². The Kier molecular flexibility index (Phi) is 5.09. The van der Waals surface area contributed by atoms with Crippen LogP contribution in [0.15, 0.2) is 11.4 Å². The number of carbonyl (C=O) groups excluding carboxylic acids is 1. The van der Waals surface area contributed by atoms with Crippen LogP contribution in [0.3, 0.4) is 0 Å². The van der Waals surface area contributed by atoms with Crippen LogP contribution in [0.2, 0.25) is 5.02 Å². The summed E-state index contributed by atoms with van der Waals surface area (Å²) in [5.74, 6) is -0.128. The van der Waals surface area contributed by atoms with E-state index in [0.717, 1.165) is 0 Å². The molecule has 1 N–H and O–H groups in total. The molecule has 2 nitrogen and oxygen atoms in total.